The van der Waals surface area contributed by atoms with Crippen LogP contribution in [0.4, 0.5) is 0 Å². The molecular weight excluding hydrogens is 254 g/mol. The van der Waals surface area contributed by atoms with E-state index in [1.807, 2.05) is 7.05 Å². The second-order valence-corrected chi connectivity index (χ2v) is 6.38. The average Bonchev–Trinajstić information content (AvgIpc) is 2.37. The first kappa shape index (κ1) is 15.8. The van der Waals surface area contributed by atoms with E-state index in [2.05, 4.69) is 10.0 Å². The Kier molecular flexibility index (Phi) is 7.10. The summed E-state index contributed by atoms with van der Waals surface area (Å²) in [6, 6.07) is 0. The van der Waals surface area contributed by atoms with Crippen molar-refractivity contribution in [1.29, 1.82) is 0 Å². The number of rotatable bonds is 8. The Hall–Kier alpha value is -0.210. The molecule has 1 fully saturated rings. The Bertz CT molecular complexity index is 313. The van der Waals surface area contributed by atoms with Crippen molar-refractivity contribution in [2.75, 3.05) is 46.9 Å². The molecule has 0 saturated carbocycles. The van der Waals surface area contributed by atoms with Crippen LogP contribution in [0.3, 0.4) is 0 Å². The third kappa shape index (κ3) is 5.19. The zero-order chi connectivity index (χ0) is 13.4. The fourth-order valence-corrected chi connectivity index (χ4v) is 3.37. The highest BCUT2D eigenvalue weighted by molar-refractivity contribution is 7.87. The molecule has 0 atom stereocenters. The van der Waals surface area contributed by atoms with Crippen LogP contribution in [0.25, 0.3) is 0 Å². The summed E-state index contributed by atoms with van der Waals surface area (Å²) in [5.74, 6) is 0.642. The van der Waals surface area contributed by atoms with Gasteiger partial charge in [0.2, 0.25) is 0 Å². The third-order valence-electron chi connectivity index (χ3n) is 3.31. The van der Waals surface area contributed by atoms with Gasteiger partial charge in [-0.1, -0.05) is 0 Å². The minimum Gasteiger partial charge on any atom is -0.383 e. The lowest BCUT2D eigenvalue weighted by Crippen LogP contribution is -2.45. The lowest BCUT2D eigenvalue weighted by atomic mass is 9.95. The van der Waals surface area contributed by atoms with Crippen molar-refractivity contribution >= 4 is 10.2 Å². The normalized spacial score (nSPS) is 19.2. The van der Waals surface area contributed by atoms with E-state index in [0.717, 1.165) is 25.8 Å². The number of ether oxygens (including phenoxy) is 1. The summed E-state index contributed by atoms with van der Waals surface area (Å²) in [6.07, 6.45) is 3.03. The van der Waals surface area contributed by atoms with E-state index in [4.69, 9.17) is 4.74 Å². The summed E-state index contributed by atoms with van der Waals surface area (Å²) in [5, 5.41) is 3.13. The standard InChI is InChI=1S/C11H25N3O3S/c1-12-6-3-11-4-8-14(9-5-11)18(15,16)13-7-10-17-2/h11-13H,3-10H2,1-2H3. The molecule has 0 aromatic carbocycles. The second-order valence-electron chi connectivity index (χ2n) is 4.63. The summed E-state index contributed by atoms with van der Waals surface area (Å²) < 4.78 is 32.8. The van der Waals surface area contributed by atoms with E-state index in [0.29, 0.717) is 32.2 Å². The Balaban J connectivity index is 2.32. The third-order valence-corrected chi connectivity index (χ3v) is 4.92. The summed E-state index contributed by atoms with van der Waals surface area (Å²) in [7, 11) is 0.189. The molecule has 1 saturated heterocycles. The van der Waals surface area contributed by atoms with Gasteiger partial charge in [-0.3, -0.25) is 0 Å². The number of nitrogens with one attached hydrogen (secondary N) is 2. The van der Waals surface area contributed by atoms with Crippen LogP contribution in [0.5, 0.6) is 0 Å². The second kappa shape index (κ2) is 8.06. The highest BCUT2D eigenvalue weighted by Gasteiger charge is 2.27. The summed E-state index contributed by atoms with van der Waals surface area (Å²) in [5.41, 5.74) is 0. The Morgan fingerprint density at radius 1 is 1.28 bits per heavy atom. The van der Waals surface area contributed by atoms with Crippen LogP contribution >= 0.6 is 0 Å². The van der Waals surface area contributed by atoms with Crippen molar-refractivity contribution < 1.29 is 13.2 Å². The van der Waals surface area contributed by atoms with E-state index in [1.54, 1.807) is 11.4 Å². The zero-order valence-corrected chi connectivity index (χ0v) is 12.1. The smallest absolute Gasteiger partial charge is 0.279 e. The Morgan fingerprint density at radius 3 is 2.50 bits per heavy atom. The maximum absolute atomic E-state index is 11.9. The molecule has 18 heavy (non-hydrogen) atoms. The summed E-state index contributed by atoms with van der Waals surface area (Å²) in [4.78, 5) is 0. The predicted octanol–water partition coefficient (Wildman–Crippen LogP) is -0.211. The molecule has 1 aliphatic rings. The van der Waals surface area contributed by atoms with Gasteiger partial charge in [-0.25, -0.2) is 0 Å². The highest BCUT2D eigenvalue weighted by atomic mass is 32.2. The average molecular weight is 279 g/mol. The number of hydrogen-bond donors (Lipinski definition) is 2. The van der Waals surface area contributed by atoms with Crippen LogP contribution in [0.1, 0.15) is 19.3 Å². The van der Waals surface area contributed by atoms with Gasteiger partial charge in [0, 0.05) is 26.7 Å². The molecule has 7 heteroatoms. The summed E-state index contributed by atoms with van der Waals surface area (Å²) in [6.45, 7) is 2.98. The van der Waals surface area contributed by atoms with Crippen molar-refractivity contribution in [2.45, 2.75) is 19.3 Å². The van der Waals surface area contributed by atoms with Gasteiger partial charge in [0.1, 0.15) is 0 Å². The predicted molar refractivity (Wildman–Crippen MR) is 71.6 cm³/mol. The SMILES string of the molecule is CNCCC1CCN(S(=O)(=O)NCCOC)CC1. The van der Waals surface area contributed by atoms with E-state index >= 15 is 0 Å². The molecule has 1 heterocycles. The molecule has 0 aromatic heterocycles. The molecule has 108 valence electrons. The van der Waals surface area contributed by atoms with Gasteiger partial charge < -0.3 is 10.1 Å². The monoisotopic (exact) mass is 279 g/mol. The number of methoxy groups -OCH3 is 1. The number of hydrogen-bond acceptors (Lipinski definition) is 4. The van der Waals surface area contributed by atoms with Gasteiger partial charge in [0.05, 0.1) is 6.61 Å². The molecule has 6 nitrogen and oxygen atoms in total. The molecule has 0 amide bonds. The first-order valence-electron chi connectivity index (χ1n) is 6.48. The minimum atomic E-state index is -3.31. The molecule has 2 N–H and O–H groups in total. The highest BCUT2D eigenvalue weighted by Crippen LogP contribution is 2.21. The van der Waals surface area contributed by atoms with Crippen molar-refractivity contribution in [2.24, 2.45) is 5.92 Å². The van der Waals surface area contributed by atoms with Crippen LogP contribution in [-0.2, 0) is 14.9 Å². The first-order valence-corrected chi connectivity index (χ1v) is 7.92. The van der Waals surface area contributed by atoms with Crippen LogP contribution in [-0.4, -0.2) is 59.7 Å². The van der Waals surface area contributed by atoms with Gasteiger partial charge in [-0.15, -0.1) is 0 Å². The molecule has 0 unspecified atom stereocenters. The molecule has 0 bridgehead atoms. The number of nitrogens with zero attached hydrogens (tertiary/aromatic N) is 1. The van der Waals surface area contributed by atoms with Crippen LogP contribution < -0.4 is 10.0 Å². The topological polar surface area (TPSA) is 70.7 Å². The minimum absolute atomic E-state index is 0.332. The molecule has 0 radical (unpaired) electrons. The largest absolute Gasteiger partial charge is 0.383 e. The lowest BCUT2D eigenvalue weighted by molar-refractivity contribution is 0.202. The van der Waals surface area contributed by atoms with Gasteiger partial charge >= 0.3 is 0 Å². The molecule has 1 aliphatic heterocycles. The first-order chi connectivity index (χ1) is 8.60. The van der Waals surface area contributed by atoms with Crippen molar-refractivity contribution in [3.05, 3.63) is 0 Å². The molecule has 0 aliphatic carbocycles. The number of piperidine rings is 1. The quantitative estimate of drug-likeness (QED) is 0.603. The van der Waals surface area contributed by atoms with E-state index in [-0.39, 0.29) is 0 Å². The van der Waals surface area contributed by atoms with E-state index in [9.17, 15) is 8.42 Å². The van der Waals surface area contributed by atoms with Crippen LogP contribution in [0, 0.1) is 5.92 Å². The fourth-order valence-electron chi connectivity index (χ4n) is 2.15. The molecule has 0 aromatic rings. The van der Waals surface area contributed by atoms with Gasteiger partial charge in [0.25, 0.3) is 10.2 Å². The molecule has 1 rings (SSSR count). The fraction of sp³-hybridized carbons (Fsp3) is 1.00. The van der Waals surface area contributed by atoms with Crippen LogP contribution in [0.2, 0.25) is 0 Å². The van der Waals surface area contributed by atoms with E-state index < -0.39 is 10.2 Å². The maximum Gasteiger partial charge on any atom is 0.279 e. The van der Waals surface area contributed by atoms with Gasteiger partial charge in [-0.05, 0) is 38.8 Å². The maximum atomic E-state index is 11.9. The molecular formula is C11H25N3O3S. The lowest BCUT2D eigenvalue weighted by Gasteiger charge is -2.31. The Labute approximate surface area is 110 Å². The zero-order valence-electron chi connectivity index (χ0n) is 11.3. The van der Waals surface area contributed by atoms with Gasteiger partial charge in [0.15, 0.2) is 0 Å². The van der Waals surface area contributed by atoms with Crippen molar-refractivity contribution in [3.8, 4) is 0 Å². The van der Waals surface area contributed by atoms with E-state index in [1.165, 1.54) is 0 Å². The van der Waals surface area contributed by atoms with Gasteiger partial charge in [-0.2, -0.15) is 17.4 Å². The van der Waals surface area contributed by atoms with Crippen molar-refractivity contribution in [3.63, 3.8) is 0 Å². The molecule has 0 spiro atoms. The summed E-state index contributed by atoms with van der Waals surface area (Å²) >= 11 is 0. The van der Waals surface area contributed by atoms with Crippen molar-refractivity contribution in [1.82, 2.24) is 14.3 Å². The van der Waals surface area contributed by atoms with Crippen LogP contribution in [0.15, 0.2) is 0 Å². The Morgan fingerprint density at radius 2 is 1.94 bits per heavy atom.